The summed E-state index contributed by atoms with van der Waals surface area (Å²) >= 11 is 6.11. The maximum absolute atomic E-state index is 13.4. The number of pyridine rings is 1. The number of halogens is 2. The van der Waals surface area contributed by atoms with Crippen LogP contribution in [-0.2, 0) is 17.9 Å². The number of hydrogen-bond donors (Lipinski definition) is 2. The van der Waals surface area contributed by atoms with E-state index in [0.29, 0.717) is 41.7 Å². The SMILES string of the molecule is Cc1nc(NCc2cn(Cc3cc(F)ccc3Cl)nn2)cc2c1NC(=O)CN2C. The van der Waals surface area contributed by atoms with E-state index in [-0.39, 0.29) is 11.7 Å². The lowest BCUT2D eigenvalue weighted by molar-refractivity contribution is -0.115. The topological polar surface area (TPSA) is 88.0 Å². The van der Waals surface area contributed by atoms with Crippen molar-refractivity contribution in [1.29, 1.82) is 0 Å². The number of hydrogen-bond acceptors (Lipinski definition) is 6. The number of nitrogens with one attached hydrogen (secondary N) is 2. The van der Waals surface area contributed by atoms with E-state index < -0.39 is 0 Å². The Bertz CT molecular complexity index is 1080. The summed E-state index contributed by atoms with van der Waals surface area (Å²) in [7, 11) is 1.87. The molecule has 8 nitrogen and oxygen atoms in total. The van der Waals surface area contributed by atoms with Crippen LogP contribution in [0.1, 0.15) is 17.0 Å². The molecule has 1 amide bonds. The summed E-state index contributed by atoms with van der Waals surface area (Å²) < 4.78 is 15.0. The van der Waals surface area contributed by atoms with Gasteiger partial charge in [0.1, 0.15) is 17.3 Å². The normalized spacial score (nSPS) is 13.2. The minimum absolute atomic E-state index is 0.0550. The lowest BCUT2D eigenvalue weighted by atomic mass is 10.2. The highest BCUT2D eigenvalue weighted by Gasteiger charge is 2.22. The van der Waals surface area contributed by atoms with E-state index in [1.165, 1.54) is 18.2 Å². The Kier molecular flexibility index (Phi) is 5.06. The molecule has 150 valence electrons. The lowest BCUT2D eigenvalue weighted by Crippen LogP contribution is -2.36. The van der Waals surface area contributed by atoms with Gasteiger partial charge in [0, 0.05) is 18.1 Å². The zero-order valence-electron chi connectivity index (χ0n) is 15.9. The second-order valence-corrected chi connectivity index (χ2v) is 7.30. The molecule has 0 bridgehead atoms. The number of carbonyl (C=O) groups excluding carboxylic acids is 1. The van der Waals surface area contributed by atoms with Crippen molar-refractivity contribution in [3.63, 3.8) is 0 Å². The molecule has 10 heteroatoms. The average molecular weight is 416 g/mol. The summed E-state index contributed by atoms with van der Waals surface area (Å²) in [6, 6.07) is 6.11. The highest BCUT2D eigenvalue weighted by molar-refractivity contribution is 6.31. The number of fused-ring (bicyclic) bond motifs is 1. The molecule has 0 spiro atoms. The van der Waals surface area contributed by atoms with Gasteiger partial charge in [-0.15, -0.1) is 5.10 Å². The van der Waals surface area contributed by atoms with Gasteiger partial charge in [-0.2, -0.15) is 0 Å². The maximum Gasteiger partial charge on any atom is 0.243 e. The van der Waals surface area contributed by atoms with Crippen molar-refractivity contribution in [2.75, 3.05) is 29.1 Å². The molecule has 3 aromatic rings. The number of aryl methyl sites for hydroxylation is 1. The highest BCUT2D eigenvalue weighted by Crippen LogP contribution is 2.32. The molecule has 0 fully saturated rings. The highest BCUT2D eigenvalue weighted by atomic mass is 35.5. The minimum Gasteiger partial charge on any atom is -0.364 e. The van der Waals surface area contributed by atoms with Crippen molar-refractivity contribution in [1.82, 2.24) is 20.0 Å². The third-order valence-corrected chi connectivity index (χ3v) is 4.98. The van der Waals surface area contributed by atoms with Gasteiger partial charge in [-0.3, -0.25) is 4.79 Å². The number of carbonyl (C=O) groups is 1. The molecule has 0 saturated heterocycles. The summed E-state index contributed by atoms with van der Waals surface area (Å²) in [6.07, 6.45) is 1.77. The fraction of sp³-hybridized carbons (Fsp3) is 0.263. The van der Waals surface area contributed by atoms with Crippen LogP contribution in [0.2, 0.25) is 5.02 Å². The summed E-state index contributed by atoms with van der Waals surface area (Å²) in [5, 5.41) is 14.8. The van der Waals surface area contributed by atoms with Crippen molar-refractivity contribution in [3.05, 3.63) is 58.3 Å². The number of rotatable bonds is 5. The Labute approximate surface area is 171 Å². The largest absolute Gasteiger partial charge is 0.364 e. The van der Waals surface area contributed by atoms with Crippen molar-refractivity contribution in [2.45, 2.75) is 20.0 Å². The van der Waals surface area contributed by atoms with Gasteiger partial charge in [-0.05, 0) is 30.7 Å². The Hall–Kier alpha value is -3.20. The van der Waals surface area contributed by atoms with Crippen LogP contribution < -0.4 is 15.5 Å². The first-order valence-electron chi connectivity index (χ1n) is 8.98. The zero-order valence-corrected chi connectivity index (χ0v) is 16.7. The van der Waals surface area contributed by atoms with Crippen molar-refractivity contribution < 1.29 is 9.18 Å². The Morgan fingerprint density at radius 1 is 1.34 bits per heavy atom. The molecular formula is C19H19ClFN7O. The van der Waals surface area contributed by atoms with E-state index in [0.717, 1.165) is 17.1 Å². The number of likely N-dealkylation sites (N-methyl/N-ethyl adjacent to an activating group) is 1. The zero-order chi connectivity index (χ0) is 20.5. The molecular weight excluding hydrogens is 397 g/mol. The molecule has 4 rings (SSSR count). The van der Waals surface area contributed by atoms with E-state index in [9.17, 15) is 9.18 Å². The van der Waals surface area contributed by atoms with Gasteiger partial charge in [0.15, 0.2) is 0 Å². The third-order valence-electron chi connectivity index (χ3n) is 4.61. The van der Waals surface area contributed by atoms with Gasteiger partial charge in [0.2, 0.25) is 5.91 Å². The van der Waals surface area contributed by atoms with E-state index in [1.807, 2.05) is 24.9 Å². The molecule has 0 atom stereocenters. The van der Waals surface area contributed by atoms with E-state index >= 15 is 0 Å². The van der Waals surface area contributed by atoms with Crippen LogP contribution in [0.25, 0.3) is 0 Å². The van der Waals surface area contributed by atoms with Gasteiger partial charge in [-0.25, -0.2) is 14.1 Å². The van der Waals surface area contributed by atoms with Crippen LogP contribution in [0.15, 0.2) is 30.5 Å². The minimum atomic E-state index is -0.346. The number of nitrogens with zero attached hydrogens (tertiary/aromatic N) is 5. The van der Waals surface area contributed by atoms with E-state index in [2.05, 4.69) is 25.9 Å². The van der Waals surface area contributed by atoms with Crippen LogP contribution in [0.4, 0.5) is 21.6 Å². The van der Waals surface area contributed by atoms with E-state index in [4.69, 9.17) is 11.6 Å². The van der Waals surface area contributed by atoms with Crippen molar-refractivity contribution >= 4 is 34.7 Å². The average Bonchev–Trinajstić information content (AvgIpc) is 3.11. The smallest absolute Gasteiger partial charge is 0.243 e. The summed E-state index contributed by atoms with van der Waals surface area (Å²) in [4.78, 5) is 18.1. The summed E-state index contributed by atoms with van der Waals surface area (Å²) in [6.45, 7) is 2.89. The molecule has 2 N–H and O–H groups in total. The first kappa shape index (κ1) is 19.1. The molecule has 1 aliphatic rings. The molecule has 0 unspecified atom stereocenters. The van der Waals surface area contributed by atoms with Crippen LogP contribution in [0.3, 0.4) is 0 Å². The van der Waals surface area contributed by atoms with Gasteiger partial charge in [0.25, 0.3) is 0 Å². The Morgan fingerprint density at radius 3 is 3.00 bits per heavy atom. The second-order valence-electron chi connectivity index (χ2n) is 6.89. The number of anilines is 3. The fourth-order valence-electron chi connectivity index (χ4n) is 3.20. The maximum atomic E-state index is 13.4. The van der Waals surface area contributed by atoms with Gasteiger partial charge < -0.3 is 15.5 Å². The van der Waals surface area contributed by atoms with Gasteiger partial charge in [-0.1, -0.05) is 16.8 Å². The predicted octanol–water partition coefficient (Wildman–Crippen LogP) is 2.82. The molecule has 1 aromatic carbocycles. The molecule has 3 heterocycles. The summed E-state index contributed by atoms with van der Waals surface area (Å²) in [5.41, 5.74) is 3.70. The Balaban J connectivity index is 1.45. The first-order valence-corrected chi connectivity index (χ1v) is 9.36. The van der Waals surface area contributed by atoms with Crippen molar-refractivity contribution in [3.8, 4) is 0 Å². The van der Waals surface area contributed by atoms with Crippen LogP contribution in [0, 0.1) is 12.7 Å². The van der Waals surface area contributed by atoms with Crippen molar-refractivity contribution in [2.24, 2.45) is 0 Å². The lowest BCUT2D eigenvalue weighted by Gasteiger charge is -2.28. The fourth-order valence-corrected chi connectivity index (χ4v) is 3.38. The Morgan fingerprint density at radius 2 is 2.17 bits per heavy atom. The molecule has 29 heavy (non-hydrogen) atoms. The first-order chi connectivity index (χ1) is 13.9. The quantitative estimate of drug-likeness (QED) is 0.666. The number of benzene rings is 1. The van der Waals surface area contributed by atoms with Crippen LogP contribution >= 0.6 is 11.6 Å². The van der Waals surface area contributed by atoms with Crippen LogP contribution in [0.5, 0.6) is 0 Å². The standard InChI is InChI=1S/C19H19ClFN7O/c1-11-19-16(27(2)10-18(29)24-19)6-17(23-11)22-7-14-9-28(26-25-14)8-12-5-13(21)3-4-15(12)20/h3-6,9H,7-8,10H2,1-2H3,(H,22,23)(H,24,29). The molecule has 0 aliphatic carbocycles. The molecule has 0 saturated carbocycles. The third kappa shape index (κ3) is 4.14. The molecule has 1 aliphatic heterocycles. The number of amides is 1. The monoisotopic (exact) mass is 415 g/mol. The second kappa shape index (κ2) is 7.67. The molecule has 2 aromatic heterocycles. The molecule has 0 radical (unpaired) electrons. The van der Waals surface area contributed by atoms with Gasteiger partial charge in [0.05, 0.1) is 42.9 Å². The van der Waals surface area contributed by atoms with E-state index in [1.54, 1.807) is 10.9 Å². The number of aromatic nitrogens is 4. The predicted molar refractivity (Wildman–Crippen MR) is 109 cm³/mol. The summed E-state index contributed by atoms with van der Waals surface area (Å²) in [5.74, 6) is 0.272. The van der Waals surface area contributed by atoms with Crippen LogP contribution in [-0.4, -0.2) is 39.5 Å². The van der Waals surface area contributed by atoms with Gasteiger partial charge >= 0.3 is 0 Å².